The predicted octanol–water partition coefficient (Wildman–Crippen LogP) is 1.99. The summed E-state index contributed by atoms with van der Waals surface area (Å²) >= 11 is 0. The lowest BCUT2D eigenvalue weighted by Crippen LogP contribution is -2.15. The molecular formula is C12H21N3O. The van der Waals surface area contributed by atoms with E-state index in [0.717, 1.165) is 31.5 Å². The van der Waals surface area contributed by atoms with E-state index < -0.39 is 0 Å². The molecular weight excluding hydrogens is 202 g/mol. The maximum Gasteiger partial charge on any atom is 0.180 e. The highest BCUT2D eigenvalue weighted by Crippen LogP contribution is 2.08. The number of rotatable bonds is 7. The summed E-state index contributed by atoms with van der Waals surface area (Å²) < 4.78 is 1.79. The van der Waals surface area contributed by atoms with E-state index in [0.29, 0.717) is 6.42 Å². The van der Waals surface area contributed by atoms with Crippen LogP contribution in [0.15, 0.2) is 12.3 Å². The van der Waals surface area contributed by atoms with Gasteiger partial charge in [0.2, 0.25) is 0 Å². The van der Waals surface area contributed by atoms with Gasteiger partial charge in [0.05, 0.1) is 0 Å². The molecule has 0 aliphatic carbocycles. The molecule has 0 bridgehead atoms. The molecule has 1 aromatic heterocycles. The fraction of sp³-hybridized carbons (Fsp3) is 0.667. The summed E-state index contributed by atoms with van der Waals surface area (Å²) in [7, 11) is 0. The van der Waals surface area contributed by atoms with E-state index in [-0.39, 0.29) is 11.8 Å². The molecule has 4 nitrogen and oxygen atoms in total. The number of nitrogens with zero attached hydrogens (tertiary/aromatic N) is 2. The maximum atomic E-state index is 11.9. The molecule has 2 N–H and O–H groups in total. The van der Waals surface area contributed by atoms with Gasteiger partial charge in [-0.05, 0) is 32.3 Å². The second-order valence-corrected chi connectivity index (χ2v) is 4.23. The lowest BCUT2D eigenvalue weighted by Gasteiger charge is -2.06. The fourth-order valence-corrected chi connectivity index (χ4v) is 1.67. The molecule has 1 rings (SSSR count). The van der Waals surface area contributed by atoms with Gasteiger partial charge in [-0.1, -0.05) is 6.92 Å². The minimum Gasteiger partial charge on any atom is -0.328 e. The quantitative estimate of drug-likeness (QED) is 0.719. The van der Waals surface area contributed by atoms with Crippen molar-refractivity contribution in [1.82, 2.24) is 9.78 Å². The molecule has 0 aliphatic rings. The van der Waals surface area contributed by atoms with Gasteiger partial charge in [-0.2, -0.15) is 5.10 Å². The number of nitrogens with two attached hydrogens (primary N) is 1. The van der Waals surface area contributed by atoms with E-state index in [9.17, 15) is 4.79 Å². The molecule has 0 saturated heterocycles. The van der Waals surface area contributed by atoms with Crippen molar-refractivity contribution in [2.75, 3.05) is 0 Å². The number of carbonyl (C=O) groups is 1. The molecule has 4 heteroatoms. The summed E-state index contributed by atoms with van der Waals surface area (Å²) in [6.07, 6.45) is 4.99. The van der Waals surface area contributed by atoms with Crippen molar-refractivity contribution in [3.63, 3.8) is 0 Å². The highest BCUT2D eigenvalue weighted by Gasteiger charge is 2.11. The molecule has 16 heavy (non-hydrogen) atoms. The van der Waals surface area contributed by atoms with Crippen molar-refractivity contribution < 1.29 is 4.79 Å². The molecule has 0 amide bonds. The van der Waals surface area contributed by atoms with E-state index in [4.69, 9.17) is 5.73 Å². The molecule has 0 radical (unpaired) electrons. The first-order valence-corrected chi connectivity index (χ1v) is 5.95. The first-order chi connectivity index (χ1) is 7.65. The van der Waals surface area contributed by atoms with Gasteiger partial charge < -0.3 is 5.73 Å². The van der Waals surface area contributed by atoms with Crippen molar-refractivity contribution in [2.24, 2.45) is 5.73 Å². The maximum absolute atomic E-state index is 11.9. The molecule has 0 aromatic carbocycles. The predicted molar refractivity (Wildman–Crippen MR) is 64.3 cm³/mol. The summed E-state index contributed by atoms with van der Waals surface area (Å²) in [6, 6.07) is 1.97. The van der Waals surface area contributed by atoms with E-state index in [1.54, 1.807) is 16.9 Å². The Hall–Kier alpha value is -1.16. The largest absolute Gasteiger partial charge is 0.328 e. The third kappa shape index (κ3) is 3.77. The molecule has 1 unspecified atom stereocenters. The Kier molecular flexibility index (Phi) is 5.19. The Morgan fingerprint density at radius 1 is 1.62 bits per heavy atom. The van der Waals surface area contributed by atoms with E-state index in [1.165, 1.54) is 0 Å². The topological polar surface area (TPSA) is 60.9 Å². The van der Waals surface area contributed by atoms with Gasteiger partial charge >= 0.3 is 0 Å². The number of hydrogen-bond acceptors (Lipinski definition) is 3. The van der Waals surface area contributed by atoms with Gasteiger partial charge in [-0.25, -0.2) is 0 Å². The molecule has 1 heterocycles. The van der Waals surface area contributed by atoms with Gasteiger partial charge in [0.25, 0.3) is 0 Å². The van der Waals surface area contributed by atoms with Crippen LogP contribution in [0.2, 0.25) is 0 Å². The van der Waals surface area contributed by atoms with Crippen molar-refractivity contribution in [2.45, 2.75) is 52.1 Å². The van der Waals surface area contributed by atoms with Crippen molar-refractivity contribution in [3.05, 3.63) is 18.0 Å². The Bertz CT molecular complexity index is 331. The minimum atomic E-state index is 0.173. The third-order valence-corrected chi connectivity index (χ3v) is 2.50. The first-order valence-electron chi connectivity index (χ1n) is 5.95. The Morgan fingerprint density at radius 2 is 2.38 bits per heavy atom. The van der Waals surface area contributed by atoms with Gasteiger partial charge in [-0.15, -0.1) is 0 Å². The van der Waals surface area contributed by atoms with Crippen LogP contribution in [0, 0.1) is 0 Å². The molecule has 1 aromatic rings. The van der Waals surface area contributed by atoms with Crippen molar-refractivity contribution >= 4 is 5.78 Å². The van der Waals surface area contributed by atoms with Crippen molar-refractivity contribution in [1.29, 1.82) is 0 Å². The smallest absolute Gasteiger partial charge is 0.180 e. The standard InChI is InChI=1S/C12H21N3O/c1-3-9-15-11(7-8-14-15)12(16)6-4-5-10(2)13/h7-8,10H,3-6,9,13H2,1-2H3. The lowest BCUT2D eigenvalue weighted by molar-refractivity contribution is 0.0968. The number of aryl methyl sites for hydroxylation is 1. The van der Waals surface area contributed by atoms with Crippen LogP contribution >= 0.6 is 0 Å². The average Bonchev–Trinajstić information content (AvgIpc) is 2.66. The zero-order valence-electron chi connectivity index (χ0n) is 10.1. The minimum absolute atomic E-state index is 0.173. The molecule has 1 atom stereocenters. The van der Waals surface area contributed by atoms with E-state index in [1.807, 2.05) is 6.92 Å². The second kappa shape index (κ2) is 6.43. The van der Waals surface area contributed by atoms with Crippen LogP contribution in [0.1, 0.15) is 50.0 Å². The first kappa shape index (κ1) is 12.9. The van der Waals surface area contributed by atoms with Gasteiger partial charge in [0.1, 0.15) is 5.69 Å². The normalized spacial score (nSPS) is 12.7. The van der Waals surface area contributed by atoms with Crippen LogP contribution in [-0.4, -0.2) is 21.6 Å². The van der Waals surface area contributed by atoms with Gasteiger partial charge in [0.15, 0.2) is 5.78 Å². The number of ketones is 1. The Balaban J connectivity index is 2.49. The van der Waals surface area contributed by atoms with Gasteiger partial charge in [-0.3, -0.25) is 9.48 Å². The zero-order valence-corrected chi connectivity index (χ0v) is 10.1. The summed E-state index contributed by atoms with van der Waals surface area (Å²) in [5.41, 5.74) is 6.37. The van der Waals surface area contributed by atoms with Crippen LogP contribution in [0.4, 0.5) is 0 Å². The van der Waals surface area contributed by atoms with Crippen LogP contribution in [0.5, 0.6) is 0 Å². The molecule has 0 saturated carbocycles. The van der Waals surface area contributed by atoms with Gasteiger partial charge in [0, 0.05) is 25.2 Å². The SMILES string of the molecule is CCCn1nccc1C(=O)CCCC(C)N. The number of hydrogen-bond donors (Lipinski definition) is 1. The molecule has 0 spiro atoms. The average molecular weight is 223 g/mol. The molecule has 90 valence electrons. The summed E-state index contributed by atoms with van der Waals surface area (Å²) in [4.78, 5) is 11.9. The molecule has 0 fully saturated rings. The Morgan fingerprint density at radius 3 is 3.00 bits per heavy atom. The van der Waals surface area contributed by atoms with E-state index in [2.05, 4.69) is 12.0 Å². The highest BCUT2D eigenvalue weighted by molar-refractivity contribution is 5.94. The summed E-state index contributed by atoms with van der Waals surface area (Å²) in [5, 5.41) is 4.14. The zero-order chi connectivity index (χ0) is 12.0. The summed E-state index contributed by atoms with van der Waals surface area (Å²) in [5.74, 6) is 0.173. The fourth-order valence-electron chi connectivity index (χ4n) is 1.67. The number of Topliss-reactive ketones (excluding diaryl/α,β-unsaturated/α-hetero) is 1. The van der Waals surface area contributed by atoms with Crippen LogP contribution in [-0.2, 0) is 6.54 Å². The van der Waals surface area contributed by atoms with Crippen molar-refractivity contribution in [3.8, 4) is 0 Å². The third-order valence-electron chi connectivity index (χ3n) is 2.50. The lowest BCUT2D eigenvalue weighted by atomic mass is 10.1. The number of aromatic nitrogens is 2. The Labute approximate surface area is 96.8 Å². The van der Waals surface area contributed by atoms with E-state index >= 15 is 0 Å². The number of carbonyl (C=O) groups excluding carboxylic acids is 1. The van der Waals surface area contributed by atoms with Crippen LogP contribution in [0.25, 0.3) is 0 Å². The van der Waals surface area contributed by atoms with Crippen LogP contribution < -0.4 is 5.73 Å². The molecule has 0 aliphatic heterocycles. The second-order valence-electron chi connectivity index (χ2n) is 4.23. The summed E-state index contributed by atoms with van der Waals surface area (Å²) in [6.45, 7) is 4.85. The highest BCUT2D eigenvalue weighted by atomic mass is 16.1. The monoisotopic (exact) mass is 223 g/mol. The van der Waals surface area contributed by atoms with Crippen LogP contribution in [0.3, 0.4) is 0 Å².